The molecule has 0 aromatic heterocycles. The molecule has 0 amide bonds. The number of azo groups is 1. The van der Waals surface area contributed by atoms with Crippen molar-refractivity contribution in [2.24, 2.45) is 10.2 Å². The minimum absolute atomic E-state index is 0.0467. The van der Waals surface area contributed by atoms with Crippen LogP contribution in [0.15, 0.2) is 70.9 Å². The van der Waals surface area contributed by atoms with Crippen LogP contribution >= 0.6 is 0 Å². The SMILES string of the molecule is C=C(C)C(=O)OCC(CC)c1ccc(N=Nc2ccc(OC(F)(F)F)cc2)cc1. The number of hydrogen-bond acceptors (Lipinski definition) is 5. The molecule has 5 nitrogen and oxygen atoms in total. The maximum absolute atomic E-state index is 12.2. The van der Waals surface area contributed by atoms with Gasteiger partial charge in [-0.15, -0.1) is 13.2 Å². The van der Waals surface area contributed by atoms with Crippen LogP contribution in [0.2, 0.25) is 0 Å². The quantitative estimate of drug-likeness (QED) is 0.281. The molecule has 154 valence electrons. The van der Waals surface area contributed by atoms with Crippen molar-refractivity contribution in [3.8, 4) is 5.75 Å². The number of carbonyl (C=O) groups excluding carboxylic acids is 1. The van der Waals surface area contributed by atoms with Crippen LogP contribution in [-0.2, 0) is 9.53 Å². The third-order valence-corrected chi connectivity index (χ3v) is 3.97. The third-order valence-electron chi connectivity index (χ3n) is 3.97. The maximum atomic E-state index is 12.2. The van der Waals surface area contributed by atoms with Crippen LogP contribution in [0.1, 0.15) is 31.7 Å². The van der Waals surface area contributed by atoms with Gasteiger partial charge in [0.1, 0.15) is 5.75 Å². The topological polar surface area (TPSA) is 60.2 Å². The molecular formula is C21H21F3N2O3. The lowest BCUT2D eigenvalue weighted by molar-refractivity contribution is -0.274. The highest BCUT2D eigenvalue weighted by Gasteiger charge is 2.30. The molecule has 0 saturated carbocycles. The Kier molecular flexibility index (Phi) is 7.52. The number of benzene rings is 2. The lowest BCUT2D eigenvalue weighted by Gasteiger charge is -2.15. The average Bonchev–Trinajstić information content (AvgIpc) is 2.67. The fraction of sp³-hybridized carbons (Fsp3) is 0.286. The number of carbonyl (C=O) groups is 1. The lowest BCUT2D eigenvalue weighted by Crippen LogP contribution is -2.16. The normalized spacial score (nSPS) is 12.6. The molecule has 0 aliphatic rings. The van der Waals surface area contributed by atoms with Crippen LogP contribution in [0.4, 0.5) is 24.5 Å². The molecule has 1 unspecified atom stereocenters. The van der Waals surface area contributed by atoms with E-state index in [1.54, 1.807) is 19.1 Å². The Morgan fingerprint density at radius 1 is 1.03 bits per heavy atom. The lowest BCUT2D eigenvalue weighted by atomic mass is 9.97. The molecule has 0 aliphatic carbocycles. The van der Waals surface area contributed by atoms with E-state index in [9.17, 15) is 18.0 Å². The van der Waals surface area contributed by atoms with Crippen molar-refractivity contribution in [2.75, 3.05) is 6.61 Å². The van der Waals surface area contributed by atoms with Gasteiger partial charge in [-0.2, -0.15) is 10.2 Å². The standard InChI is InChI=1S/C21H21F3N2O3/c1-4-15(13-28-20(27)14(2)3)16-5-7-17(8-6-16)25-26-18-9-11-19(12-10-18)29-21(22,23)24/h5-12,15H,2,4,13H2,1,3H3. The monoisotopic (exact) mass is 406 g/mol. The Morgan fingerprint density at radius 3 is 2.00 bits per heavy atom. The van der Waals surface area contributed by atoms with Crippen molar-refractivity contribution in [1.82, 2.24) is 0 Å². The highest BCUT2D eigenvalue weighted by atomic mass is 19.4. The molecule has 8 heteroatoms. The van der Waals surface area contributed by atoms with Crippen LogP contribution < -0.4 is 4.74 Å². The van der Waals surface area contributed by atoms with Crippen LogP contribution in [-0.4, -0.2) is 18.9 Å². The van der Waals surface area contributed by atoms with E-state index < -0.39 is 12.3 Å². The summed E-state index contributed by atoms with van der Waals surface area (Å²) in [5.74, 6) is -0.690. The Labute approximate surface area is 166 Å². The summed E-state index contributed by atoms with van der Waals surface area (Å²) in [5, 5.41) is 8.07. The van der Waals surface area contributed by atoms with Gasteiger partial charge < -0.3 is 9.47 Å². The van der Waals surface area contributed by atoms with Gasteiger partial charge in [-0.25, -0.2) is 4.79 Å². The summed E-state index contributed by atoms with van der Waals surface area (Å²) in [4.78, 5) is 11.5. The number of rotatable bonds is 8. The average molecular weight is 406 g/mol. The van der Waals surface area contributed by atoms with E-state index in [1.165, 1.54) is 24.3 Å². The maximum Gasteiger partial charge on any atom is 0.573 e. The number of alkyl halides is 3. The van der Waals surface area contributed by atoms with Gasteiger partial charge in [-0.3, -0.25) is 0 Å². The van der Waals surface area contributed by atoms with E-state index in [0.717, 1.165) is 12.0 Å². The van der Waals surface area contributed by atoms with Crippen molar-refractivity contribution in [3.63, 3.8) is 0 Å². The van der Waals surface area contributed by atoms with Crippen molar-refractivity contribution >= 4 is 17.3 Å². The first kappa shape index (κ1) is 22.1. The summed E-state index contributed by atoms with van der Waals surface area (Å²) >= 11 is 0. The molecule has 1 atom stereocenters. The number of ether oxygens (including phenoxy) is 2. The Balaban J connectivity index is 1.98. The molecular weight excluding hydrogens is 385 g/mol. The largest absolute Gasteiger partial charge is 0.573 e. The Bertz CT molecular complexity index is 860. The van der Waals surface area contributed by atoms with Gasteiger partial charge in [0.15, 0.2) is 0 Å². The molecule has 0 bridgehead atoms. The van der Waals surface area contributed by atoms with Gasteiger partial charge in [0.05, 0.1) is 18.0 Å². The summed E-state index contributed by atoms with van der Waals surface area (Å²) in [6.45, 7) is 7.41. The van der Waals surface area contributed by atoms with Crippen molar-refractivity contribution in [1.29, 1.82) is 0 Å². The zero-order valence-corrected chi connectivity index (χ0v) is 16.1. The van der Waals surface area contributed by atoms with E-state index in [-0.39, 0.29) is 18.3 Å². The number of halogens is 3. The fourth-order valence-corrected chi connectivity index (χ4v) is 2.39. The predicted octanol–water partition coefficient (Wildman–Crippen LogP) is 6.61. The molecule has 2 rings (SSSR count). The smallest absolute Gasteiger partial charge is 0.462 e. The summed E-state index contributed by atoms with van der Waals surface area (Å²) < 4.78 is 45.5. The van der Waals surface area contributed by atoms with Gasteiger partial charge >= 0.3 is 12.3 Å². The molecule has 0 radical (unpaired) electrons. The van der Waals surface area contributed by atoms with Crippen LogP contribution in [0.5, 0.6) is 5.75 Å². The summed E-state index contributed by atoms with van der Waals surface area (Å²) in [6, 6.07) is 12.4. The van der Waals surface area contributed by atoms with Crippen molar-refractivity contribution < 1.29 is 27.4 Å². The highest BCUT2D eigenvalue weighted by molar-refractivity contribution is 5.86. The summed E-state index contributed by atoms with van der Waals surface area (Å²) in [6.07, 6.45) is -3.94. The third kappa shape index (κ3) is 7.40. The van der Waals surface area contributed by atoms with E-state index in [2.05, 4.69) is 21.5 Å². The van der Waals surface area contributed by atoms with Gasteiger partial charge in [0.2, 0.25) is 0 Å². The molecule has 0 aliphatic heterocycles. The van der Waals surface area contributed by atoms with E-state index in [4.69, 9.17) is 4.74 Å². The van der Waals surface area contributed by atoms with Crippen LogP contribution in [0.25, 0.3) is 0 Å². The highest BCUT2D eigenvalue weighted by Crippen LogP contribution is 2.27. The first-order chi connectivity index (χ1) is 13.7. The molecule has 0 N–H and O–H groups in total. The molecule has 2 aromatic carbocycles. The summed E-state index contributed by atoms with van der Waals surface area (Å²) in [5.41, 5.74) is 2.32. The molecule has 2 aromatic rings. The molecule has 29 heavy (non-hydrogen) atoms. The number of hydrogen-bond donors (Lipinski definition) is 0. The van der Waals surface area contributed by atoms with Gasteiger partial charge in [0.25, 0.3) is 0 Å². The zero-order valence-electron chi connectivity index (χ0n) is 16.1. The second kappa shape index (κ2) is 9.86. The number of nitrogens with zero attached hydrogens (tertiary/aromatic N) is 2. The molecule has 0 heterocycles. The zero-order chi connectivity index (χ0) is 21.4. The van der Waals surface area contributed by atoms with Gasteiger partial charge in [-0.05, 0) is 55.3 Å². The molecule has 0 saturated heterocycles. The Morgan fingerprint density at radius 2 is 1.55 bits per heavy atom. The molecule has 0 fully saturated rings. The van der Waals surface area contributed by atoms with E-state index >= 15 is 0 Å². The van der Waals surface area contributed by atoms with E-state index in [1.807, 2.05) is 19.1 Å². The second-order valence-corrected chi connectivity index (χ2v) is 6.32. The fourth-order valence-electron chi connectivity index (χ4n) is 2.39. The first-order valence-corrected chi connectivity index (χ1v) is 8.88. The van der Waals surface area contributed by atoms with Crippen LogP contribution in [0.3, 0.4) is 0 Å². The minimum Gasteiger partial charge on any atom is -0.462 e. The number of esters is 1. The van der Waals surface area contributed by atoms with Crippen molar-refractivity contribution in [2.45, 2.75) is 32.5 Å². The first-order valence-electron chi connectivity index (χ1n) is 8.88. The minimum atomic E-state index is -4.73. The molecule has 0 spiro atoms. The second-order valence-electron chi connectivity index (χ2n) is 6.32. The van der Waals surface area contributed by atoms with Gasteiger partial charge in [0, 0.05) is 11.5 Å². The van der Waals surface area contributed by atoms with Gasteiger partial charge in [-0.1, -0.05) is 25.6 Å². The predicted molar refractivity (Wildman–Crippen MR) is 103 cm³/mol. The van der Waals surface area contributed by atoms with Crippen molar-refractivity contribution in [3.05, 3.63) is 66.2 Å². The summed E-state index contributed by atoms with van der Waals surface area (Å²) in [7, 11) is 0. The van der Waals surface area contributed by atoms with E-state index in [0.29, 0.717) is 16.9 Å². The van der Waals surface area contributed by atoms with Crippen LogP contribution in [0, 0.1) is 0 Å². The Hall–Kier alpha value is -3.16.